The summed E-state index contributed by atoms with van der Waals surface area (Å²) in [6.45, 7) is 4.05. The van der Waals surface area contributed by atoms with Gasteiger partial charge in [-0.05, 0) is 21.0 Å². The van der Waals surface area contributed by atoms with Crippen molar-refractivity contribution in [2.45, 2.75) is 20.0 Å². The molecule has 0 aliphatic heterocycles. The second-order valence-electron chi connectivity index (χ2n) is 2.87. The van der Waals surface area contributed by atoms with Crippen LogP contribution in [0, 0.1) is 0 Å². The number of nitrogens with zero attached hydrogens (tertiary/aromatic N) is 3. The molecule has 0 saturated carbocycles. The number of hydrogen-bond donors (Lipinski definition) is 0. The average Bonchev–Trinajstić information content (AvgIpc) is 2.34. The molecule has 1 rings (SSSR count). The van der Waals surface area contributed by atoms with E-state index in [0.29, 0.717) is 0 Å². The Hall–Kier alpha value is -0.830. The quantitative estimate of drug-likeness (QED) is 0.645. The van der Waals surface area contributed by atoms with Crippen LogP contribution in [0.1, 0.15) is 12.7 Å². The Balaban J connectivity index is 2.68. The van der Waals surface area contributed by atoms with Gasteiger partial charge in [-0.25, -0.2) is 4.98 Å². The summed E-state index contributed by atoms with van der Waals surface area (Å²) in [5, 5.41) is 0. The Morgan fingerprint density at radius 3 is 2.82 bits per heavy atom. The minimum Gasteiger partial charge on any atom is -0.334 e. The van der Waals surface area contributed by atoms with Crippen LogP contribution in [0.2, 0.25) is 0 Å². The molecule has 0 aliphatic rings. The zero-order valence-electron chi connectivity index (χ0n) is 7.41. The van der Waals surface area contributed by atoms with Crippen molar-refractivity contribution in [2.24, 2.45) is 0 Å². The highest BCUT2D eigenvalue weighted by Crippen LogP contribution is 1.99. The molecule has 3 nitrogen and oxygen atoms in total. The summed E-state index contributed by atoms with van der Waals surface area (Å²) in [5.41, 5.74) is 0. The van der Waals surface area contributed by atoms with Gasteiger partial charge in [0.15, 0.2) is 0 Å². The first-order valence-corrected chi connectivity index (χ1v) is 3.88. The Kier molecular flexibility index (Phi) is 2.65. The molecule has 11 heavy (non-hydrogen) atoms. The first kappa shape index (κ1) is 8.27. The summed E-state index contributed by atoms with van der Waals surface area (Å²) >= 11 is 0. The second-order valence-corrected chi connectivity index (χ2v) is 2.87. The lowest BCUT2D eigenvalue weighted by molar-refractivity contribution is 0.382. The van der Waals surface area contributed by atoms with Crippen LogP contribution in [0.4, 0.5) is 0 Å². The van der Waals surface area contributed by atoms with E-state index in [-0.39, 0.29) is 0 Å². The normalized spacial score (nSPS) is 10.9. The molecule has 0 unspecified atom stereocenters. The monoisotopic (exact) mass is 153 g/mol. The fraction of sp³-hybridized carbons (Fsp3) is 0.625. The minimum atomic E-state index is 0.918. The van der Waals surface area contributed by atoms with Gasteiger partial charge in [0.2, 0.25) is 0 Å². The Bertz CT molecular complexity index is 215. The smallest absolute Gasteiger partial charge is 0.122 e. The van der Waals surface area contributed by atoms with Gasteiger partial charge < -0.3 is 9.47 Å². The van der Waals surface area contributed by atoms with E-state index in [1.807, 2.05) is 12.4 Å². The van der Waals surface area contributed by atoms with Crippen molar-refractivity contribution >= 4 is 0 Å². The highest BCUT2D eigenvalue weighted by Gasteiger charge is 2.00. The second kappa shape index (κ2) is 3.53. The minimum absolute atomic E-state index is 0.918. The number of hydrogen-bond acceptors (Lipinski definition) is 2. The van der Waals surface area contributed by atoms with E-state index in [1.54, 1.807) is 0 Å². The summed E-state index contributed by atoms with van der Waals surface area (Å²) < 4.78 is 2.15. The summed E-state index contributed by atoms with van der Waals surface area (Å²) in [5.74, 6) is 1.14. The lowest BCUT2D eigenvalue weighted by Crippen LogP contribution is -2.14. The molecule has 1 aromatic rings. The fourth-order valence-electron chi connectivity index (χ4n) is 1.06. The van der Waals surface area contributed by atoms with Crippen molar-refractivity contribution in [1.82, 2.24) is 14.5 Å². The van der Waals surface area contributed by atoms with Gasteiger partial charge in [-0.15, -0.1) is 0 Å². The van der Waals surface area contributed by atoms with Gasteiger partial charge in [0.1, 0.15) is 5.82 Å². The van der Waals surface area contributed by atoms with Gasteiger partial charge in [-0.3, -0.25) is 0 Å². The molecule has 0 spiro atoms. The Labute approximate surface area is 67.7 Å². The van der Waals surface area contributed by atoms with Crippen LogP contribution in [0.5, 0.6) is 0 Å². The van der Waals surface area contributed by atoms with Gasteiger partial charge in [-0.1, -0.05) is 0 Å². The van der Waals surface area contributed by atoms with Crippen molar-refractivity contribution in [1.29, 1.82) is 0 Å². The van der Waals surface area contributed by atoms with Crippen molar-refractivity contribution in [2.75, 3.05) is 14.1 Å². The lowest BCUT2D eigenvalue weighted by Gasteiger charge is -2.09. The highest BCUT2D eigenvalue weighted by atomic mass is 15.1. The molecule has 1 heterocycles. The molecule has 0 bridgehead atoms. The van der Waals surface area contributed by atoms with E-state index < -0.39 is 0 Å². The molecular weight excluding hydrogens is 138 g/mol. The van der Waals surface area contributed by atoms with E-state index >= 15 is 0 Å². The standard InChI is InChI=1S/C8H15N3/c1-4-11-6-5-9-8(11)7-10(2)3/h5-6H,4,7H2,1-3H3. The maximum atomic E-state index is 4.25. The van der Waals surface area contributed by atoms with Gasteiger partial charge in [-0.2, -0.15) is 0 Å². The van der Waals surface area contributed by atoms with Gasteiger partial charge in [0.25, 0.3) is 0 Å². The SMILES string of the molecule is CCn1ccnc1CN(C)C. The van der Waals surface area contributed by atoms with Gasteiger partial charge >= 0.3 is 0 Å². The van der Waals surface area contributed by atoms with Crippen LogP contribution >= 0.6 is 0 Å². The molecule has 0 N–H and O–H groups in total. The molecule has 0 aliphatic carbocycles. The van der Waals surface area contributed by atoms with E-state index in [2.05, 4.69) is 35.5 Å². The van der Waals surface area contributed by atoms with Crippen LogP contribution in [-0.4, -0.2) is 28.5 Å². The van der Waals surface area contributed by atoms with Crippen molar-refractivity contribution in [3.05, 3.63) is 18.2 Å². The predicted molar refractivity (Wildman–Crippen MR) is 45.3 cm³/mol. The molecule has 0 amide bonds. The summed E-state index contributed by atoms with van der Waals surface area (Å²) in [7, 11) is 4.10. The van der Waals surface area contributed by atoms with Gasteiger partial charge in [0.05, 0.1) is 6.54 Å². The molecule has 3 heteroatoms. The molecular formula is C8H15N3. The maximum Gasteiger partial charge on any atom is 0.122 e. The highest BCUT2D eigenvalue weighted by molar-refractivity contribution is 4.91. The number of aryl methyl sites for hydroxylation is 1. The van der Waals surface area contributed by atoms with Crippen LogP contribution in [-0.2, 0) is 13.1 Å². The van der Waals surface area contributed by atoms with E-state index in [0.717, 1.165) is 18.9 Å². The zero-order chi connectivity index (χ0) is 8.27. The van der Waals surface area contributed by atoms with E-state index in [1.165, 1.54) is 0 Å². The predicted octanol–water partition coefficient (Wildman–Crippen LogP) is 0.965. The first-order valence-electron chi connectivity index (χ1n) is 3.88. The molecule has 62 valence electrons. The lowest BCUT2D eigenvalue weighted by atomic mass is 10.5. The number of imidazole rings is 1. The fourth-order valence-corrected chi connectivity index (χ4v) is 1.06. The largest absolute Gasteiger partial charge is 0.334 e. The van der Waals surface area contributed by atoms with Gasteiger partial charge in [0, 0.05) is 18.9 Å². The molecule has 0 fully saturated rings. The van der Waals surface area contributed by atoms with Crippen LogP contribution in [0.15, 0.2) is 12.4 Å². The molecule has 0 radical (unpaired) electrons. The molecule has 0 aromatic carbocycles. The molecule has 0 saturated heterocycles. The van der Waals surface area contributed by atoms with E-state index in [4.69, 9.17) is 0 Å². The van der Waals surface area contributed by atoms with Crippen molar-refractivity contribution in [3.8, 4) is 0 Å². The van der Waals surface area contributed by atoms with Crippen LogP contribution in [0.3, 0.4) is 0 Å². The van der Waals surface area contributed by atoms with E-state index in [9.17, 15) is 0 Å². The summed E-state index contributed by atoms with van der Waals surface area (Å²) in [4.78, 5) is 6.37. The first-order chi connectivity index (χ1) is 5.24. The Morgan fingerprint density at radius 2 is 2.27 bits per heavy atom. The molecule has 0 atom stereocenters. The topological polar surface area (TPSA) is 21.1 Å². The van der Waals surface area contributed by atoms with Crippen LogP contribution < -0.4 is 0 Å². The summed E-state index contributed by atoms with van der Waals surface area (Å²) in [6, 6.07) is 0. The Morgan fingerprint density at radius 1 is 1.55 bits per heavy atom. The summed E-state index contributed by atoms with van der Waals surface area (Å²) in [6.07, 6.45) is 3.86. The maximum absolute atomic E-state index is 4.25. The number of aromatic nitrogens is 2. The van der Waals surface area contributed by atoms with Crippen LogP contribution in [0.25, 0.3) is 0 Å². The molecule has 1 aromatic heterocycles. The number of rotatable bonds is 3. The van der Waals surface area contributed by atoms with Crippen molar-refractivity contribution in [3.63, 3.8) is 0 Å². The third-order valence-electron chi connectivity index (χ3n) is 1.60. The third-order valence-corrected chi connectivity index (χ3v) is 1.60. The third kappa shape index (κ3) is 2.05. The zero-order valence-corrected chi connectivity index (χ0v) is 7.41. The average molecular weight is 153 g/mol. The van der Waals surface area contributed by atoms with Crippen molar-refractivity contribution < 1.29 is 0 Å².